The quantitative estimate of drug-likeness (QED) is 0.280. The van der Waals surface area contributed by atoms with Crippen LogP contribution in [0.25, 0.3) is 16.5 Å². The Morgan fingerprint density at radius 1 is 1.09 bits per heavy atom. The third-order valence-electron chi connectivity index (χ3n) is 4.97. The molecule has 0 atom stereocenters. The molecule has 0 spiro atoms. The highest BCUT2D eigenvalue weighted by Gasteiger charge is 2.31. The lowest BCUT2D eigenvalue weighted by atomic mass is 10.1. The number of halogens is 3. The van der Waals surface area contributed by atoms with E-state index in [4.69, 9.17) is 4.74 Å². The van der Waals surface area contributed by atoms with Gasteiger partial charge in [0, 0.05) is 40.4 Å². The summed E-state index contributed by atoms with van der Waals surface area (Å²) in [4.78, 5) is 37.4. The number of carbonyl (C=O) groups excluding carboxylic acids is 2. The van der Waals surface area contributed by atoms with Crippen LogP contribution in [-0.2, 0) is 10.9 Å². The number of hydrogen-bond acceptors (Lipinski definition) is 7. The molecule has 0 fully saturated rings. The Hall–Kier alpha value is -3.86. The summed E-state index contributed by atoms with van der Waals surface area (Å²) < 4.78 is 46.0. The molecule has 0 radical (unpaired) electrons. The molecule has 3 aromatic heterocycles. The van der Waals surface area contributed by atoms with Crippen LogP contribution in [0.15, 0.2) is 54.2 Å². The molecule has 7 nitrogen and oxygen atoms in total. The molecule has 0 saturated heterocycles. The van der Waals surface area contributed by atoms with Gasteiger partial charge in [0.25, 0.3) is 0 Å². The van der Waals surface area contributed by atoms with Crippen LogP contribution in [0, 0.1) is 13.8 Å². The zero-order chi connectivity index (χ0) is 24.5. The van der Waals surface area contributed by atoms with Crippen molar-refractivity contribution in [3.05, 3.63) is 82.4 Å². The standard InChI is InChI=1S/C23H17F3N4O3S/c1-13-9-17(14(2)30(13)16-6-3-5-15(10-16)23(24,25)26)19(31)11-33-22(32)18-12-34-21(29-18)20-27-7-4-8-28-20/h3-10,12H,11H2,1-2H3. The minimum atomic E-state index is -4.49. The van der Waals surface area contributed by atoms with Crippen LogP contribution in [0.1, 0.15) is 37.8 Å². The number of aromatic nitrogens is 4. The summed E-state index contributed by atoms with van der Waals surface area (Å²) in [5, 5.41) is 1.92. The number of carbonyl (C=O) groups is 2. The summed E-state index contributed by atoms with van der Waals surface area (Å²) in [6.07, 6.45) is -1.38. The van der Waals surface area contributed by atoms with E-state index in [0.717, 1.165) is 23.5 Å². The fourth-order valence-corrected chi connectivity index (χ4v) is 4.16. The Bertz CT molecular complexity index is 1360. The number of aryl methyl sites for hydroxylation is 1. The highest BCUT2D eigenvalue weighted by molar-refractivity contribution is 7.13. The number of alkyl halides is 3. The van der Waals surface area contributed by atoms with Crippen molar-refractivity contribution in [3.63, 3.8) is 0 Å². The molecule has 0 aliphatic carbocycles. The first-order chi connectivity index (χ1) is 16.1. The van der Waals surface area contributed by atoms with Crippen LogP contribution < -0.4 is 0 Å². The van der Waals surface area contributed by atoms with Crippen LogP contribution in [0.5, 0.6) is 0 Å². The van der Waals surface area contributed by atoms with Gasteiger partial charge in [0.2, 0.25) is 5.78 Å². The maximum Gasteiger partial charge on any atom is 0.416 e. The van der Waals surface area contributed by atoms with Gasteiger partial charge in [0.1, 0.15) is 0 Å². The molecular weight excluding hydrogens is 469 g/mol. The van der Waals surface area contributed by atoms with Gasteiger partial charge in [0.05, 0.1) is 5.56 Å². The van der Waals surface area contributed by atoms with E-state index < -0.39 is 30.1 Å². The van der Waals surface area contributed by atoms with E-state index in [0.29, 0.717) is 22.2 Å². The van der Waals surface area contributed by atoms with Crippen molar-refractivity contribution in [1.82, 2.24) is 19.5 Å². The summed E-state index contributed by atoms with van der Waals surface area (Å²) >= 11 is 1.16. The van der Waals surface area contributed by atoms with Crippen LogP contribution >= 0.6 is 11.3 Å². The van der Waals surface area contributed by atoms with E-state index in [-0.39, 0.29) is 16.9 Å². The molecule has 3 heterocycles. The van der Waals surface area contributed by atoms with E-state index in [1.807, 2.05) is 0 Å². The molecule has 0 N–H and O–H groups in total. The molecule has 0 aliphatic rings. The van der Waals surface area contributed by atoms with Gasteiger partial charge in [-0.1, -0.05) is 6.07 Å². The van der Waals surface area contributed by atoms with Gasteiger partial charge in [-0.25, -0.2) is 19.7 Å². The van der Waals surface area contributed by atoms with E-state index in [9.17, 15) is 22.8 Å². The lowest BCUT2D eigenvalue weighted by Crippen LogP contribution is -2.15. The third-order valence-corrected chi connectivity index (χ3v) is 5.81. The summed E-state index contributed by atoms with van der Waals surface area (Å²) in [6.45, 7) is 2.76. The molecule has 0 amide bonds. The Balaban J connectivity index is 1.49. The van der Waals surface area contributed by atoms with Crippen LogP contribution in [0.3, 0.4) is 0 Å². The Kier molecular flexibility index (Phi) is 6.29. The Labute approximate surface area is 195 Å². The highest BCUT2D eigenvalue weighted by atomic mass is 32.1. The van der Waals surface area contributed by atoms with Crippen molar-refractivity contribution in [2.24, 2.45) is 0 Å². The highest BCUT2D eigenvalue weighted by Crippen LogP contribution is 2.31. The van der Waals surface area contributed by atoms with Crippen molar-refractivity contribution >= 4 is 23.1 Å². The predicted octanol–water partition coefficient (Wildman–Crippen LogP) is 5.07. The maximum atomic E-state index is 13.1. The maximum absolute atomic E-state index is 13.1. The van der Waals surface area contributed by atoms with Gasteiger partial charge < -0.3 is 9.30 Å². The second-order valence-electron chi connectivity index (χ2n) is 7.28. The molecule has 1 aromatic carbocycles. The number of ether oxygens (including phenoxy) is 1. The second kappa shape index (κ2) is 9.18. The minimum absolute atomic E-state index is 0.0229. The number of esters is 1. The first-order valence-electron chi connectivity index (χ1n) is 9.95. The van der Waals surface area contributed by atoms with Crippen molar-refractivity contribution in [2.45, 2.75) is 20.0 Å². The van der Waals surface area contributed by atoms with E-state index in [1.54, 1.807) is 42.9 Å². The predicted molar refractivity (Wildman–Crippen MR) is 118 cm³/mol. The van der Waals surface area contributed by atoms with Gasteiger partial charge in [-0.3, -0.25) is 4.79 Å². The molecule has 0 aliphatic heterocycles. The van der Waals surface area contributed by atoms with Crippen LogP contribution in [-0.4, -0.2) is 37.9 Å². The van der Waals surface area contributed by atoms with Crippen molar-refractivity contribution in [2.75, 3.05) is 6.61 Å². The molecule has 4 rings (SSSR count). The summed E-state index contributed by atoms with van der Waals surface area (Å²) in [5.41, 5.74) is 0.768. The van der Waals surface area contributed by atoms with E-state index in [2.05, 4.69) is 15.0 Å². The van der Waals surface area contributed by atoms with Crippen molar-refractivity contribution < 1.29 is 27.5 Å². The van der Waals surface area contributed by atoms with Gasteiger partial charge in [-0.2, -0.15) is 13.2 Å². The topological polar surface area (TPSA) is 87.0 Å². The summed E-state index contributed by atoms with van der Waals surface area (Å²) in [6, 6.07) is 8.05. The molecule has 0 unspecified atom stereocenters. The van der Waals surface area contributed by atoms with Gasteiger partial charge in [0.15, 0.2) is 23.1 Å². The number of hydrogen-bond donors (Lipinski definition) is 0. The van der Waals surface area contributed by atoms with Gasteiger partial charge >= 0.3 is 12.1 Å². The normalized spacial score (nSPS) is 11.4. The van der Waals surface area contributed by atoms with Crippen molar-refractivity contribution in [1.29, 1.82) is 0 Å². The number of benzene rings is 1. The number of nitrogens with zero attached hydrogens (tertiary/aromatic N) is 4. The lowest BCUT2D eigenvalue weighted by molar-refractivity contribution is -0.137. The van der Waals surface area contributed by atoms with Crippen LogP contribution in [0.4, 0.5) is 13.2 Å². The van der Waals surface area contributed by atoms with Gasteiger partial charge in [-0.05, 0) is 44.2 Å². The molecule has 0 saturated carbocycles. The Morgan fingerprint density at radius 2 is 1.82 bits per heavy atom. The smallest absolute Gasteiger partial charge is 0.416 e. The summed E-state index contributed by atoms with van der Waals surface area (Å²) in [5.74, 6) is -0.898. The molecule has 174 valence electrons. The summed E-state index contributed by atoms with van der Waals surface area (Å²) in [7, 11) is 0. The van der Waals surface area contributed by atoms with E-state index >= 15 is 0 Å². The average Bonchev–Trinajstić information content (AvgIpc) is 3.42. The fraction of sp³-hybridized carbons (Fsp3) is 0.174. The lowest BCUT2D eigenvalue weighted by Gasteiger charge is -2.13. The molecule has 34 heavy (non-hydrogen) atoms. The average molecular weight is 486 g/mol. The van der Waals surface area contributed by atoms with Crippen molar-refractivity contribution in [3.8, 4) is 16.5 Å². The number of Topliss-reactive ketones (excluding diaryl/α,β-unsaturated/α-hetero) is 1. The van der Waals surface area contributed by atoms with Crippen LogP contribution in [0.2, 0.25) is 0 Å². The monoisotopic (exact) mass is 486 g/mol. The Morgan fingerprint density at radius 3 is 2.53 bits per heavy atom. The largest absolute Gasteiger partial charge is 0.453 e. The first kappa shape index (κ1) is 23.3. The van der Waals surface area contributed by atoms with Gasteiger partial charge in [-0.15, -0.1) is 11.3 Å². The number of thiazole rings is 1. The molecule has 4 aromatic rings. The zero-order valence-electron chi connectivity index (χ0n) is 18.0. The van der Waals surface area contributed by atoms with E-state index in [1.165, 1.54) is 17.5 Å². The molecular formula is C23H17F3N4O3S. The second-order valence-corrected chi connectivity index (χ2v) is 8.14. The third kappa shape index (κ3) is 4.74. The fourth-order valence-electron chi connectivity index (χ4n) is 3.43. The zero-order valence-corrected chi connectivity index (χ0v) is 18.8. The number of ketones is 1. The minimum Gasteiger partial charge on any atom is -0.453 e. The SMILES string of the molecule is Cc1cc(C(=O)COC(=O)c2csc(-c3ncccn3)n2)c(C)n1-c1cccc(C(F)(F)F)c1. The number of rotatable bonds is 6. The molecule has 0 bridgehead atoms. The first-order valence-corrected chi connectivity index (χ1v) is 10.8. The molecule has 11 heteroatoms.